The third-order valence-corrected chi connectivity index (χ3v) is 13.8. The van der Waals surface area contributed by atoms with E-state index in [9.17, 15) is 9.59 Å². The molecule has 4 aromatic rings. The van der Waals surface area contributed by atoms with E-state index in [-0.39, 0.29) is 22.9 Å². The number of carbonyl (C=O) groups is 2. The number of anilines is 2. The number of rotatable bonds is 23. The highest BCUT2D eigenvalue weighted by Gasteiger charge is 2.43. The highest BCUT2D eigenvalue weighted by molar-refractivity contribution is 7.97. The number of amides is 2. The highest BCUT2D eigenvalue weighted by atomic mass is 32.2. The summed E-state index contributed by atoms with van der Waals surface area (Å²) >= 11 is 1.79. The van der Waals surface area contributed by atoms with Gasteiger partial charge in [0.15, 0.2) is 5.82 Å². The highest BCUT2D eigenvalue weighted by Crippen LogP contribution is 2.50. The number of hydrogen-bond acceptors (Lipinski definition) is 10. The second-order valence-corrected chi connectivity index (χ2v) is 19.1. The Morgan fingerprint density at radius 3 is 2.57 bits per heavy atom. The van der Waals surface area contributed by atoms with Crippen LogP contribution in [0.15, 0.2) is 53.6 Å². The second kappa shape index (κ2) is 20.8. The maximum atomic E-state index is 12.7. The number of carbonyl (C=O) groups excluding carboxylic acids is 2. The monoisotopic (exact) mass is 839 g/mol. The van der Waals surface area contributed by atoms with E-state index in [0.717, 1.165) is 118 Å². The topological polar surface area (TPSA) is 138 Å². The largest absolute Gasteiger partial charge is 0.330 e. The Bertz CT molecular complexity index is 2040. The number of piperidine rings is 1. The van der Waals surface area contributed by atoms with Crippen LogP contribution in [0.5, 0.6) is 0 Å². The van der Waals surface area contributed by atoms with Gasteiger partial charge in [0.1, 0.15) is 11.6 Å². The smallest absolute Gasteiger partial charge is 0.226 e. The molecule has 3 heterocycles. The van der Waals surface area contributed by atoms with Crippen LogP contribution >= 0.6 is 11.9 Å². The normalized spacial score (nSPS) is 17.4. The van der Waals surface area contributed by atoms with E-state index < -0.39 is 0 Å². The Labute approximate surface area is 363 Å². The van der Waals surface area contributed by atoms with Gasteiger partial charge in [0.25, 0.3) is 0 Å². The molecule has 1 aliphatic carbocycles. The van der Waals surface area contributed by atoms with Crippen molar-refractivity contribution in [2.45, 2.75) is 140 Å². The average Bonchev–Trinajstić information content (AvgIpc) is 3.91. The van der Waals surface area contributed by atoms with Crippen molar-refractivity contribution in [3.8, 4) is 0 Å². The zero-order valence-electron chi connectivity index (χ0n) is 37.3. The molecular formula is C47H70N10O2S. The number of aromatic nitrogens is 4. The molecule has 2 aliphatic rings. The van der Waals surface area contributed by atoms with Crippen LogP contribution in [-0.2, 0) is 35.0 Å². The van der Waals surface area contributed by atoms with Crippen LogP contribution in [0.2, 0.25) is 0 Å². The molecule has 326 valence electrons. The number of nitrogens with zero attached hydrogens (tertiary/aromatic N) is 7. The standard InChI is InChI=1S/C47H70N10O2S/c1-8-12-37(13-9-2)57(33-58)45-40(47(5)21-22-47)31-50-42(51-45)20-27-56(25-11-23-48)60-38-15-10-14-34(28-38)32-55-26-19-36(30-46(55,3)4)35-16-17-39-41(29-35)54(7)53-44(39)52-43(59)18-24-49-6/h10,14-17,28-29,31,33,36-37,49H,8-9,11-13,18-27,30,32,48H2,1-7H3,(H,52,53,59). The summed E-state index contributed by atoms with van der Waals surface area (Å²) in [4.78, 5) is 40.9. The minimum atomic E-state index is -0.0359. The maximum absolute atomic E-state index is 12.7. The lowest BCUT2D eigenvalue weighted by atomic mass is 9.78. The number of nitrogens with two attached hydrogens (primary N) is 1. The predicted molar refractivity (Wildman–Crippen MR) is 246 cm³/mol. The minimum absolute atomic E-state index is 0.00490. The number of likely N-dealkylation sites (tertiary alicyclic amines) is 1. The van der Waals surface area contributed by atoms with Crippen molar-refractivity contribution >= 4 is 46.8 Å². The van der Waals surface area contributed by atoms with Crippen LogP contribution in [-0.4, -0.2) is 92.6 Å². The first-order valence-electron chi connectivity index (χ1n) is 22.4. The molecule has 0 bridgehead atoms. The van der Waals surface area contributed by atoms with E-state index >= 15 is 0 Å². The fourth-order valence-electron chi connectivity index (χ4n) is 8.85. The van der Waals surface area contributed by atoms with E-state index in [1.165, 1.54) is 16.0 Å². The number of aryl methyl sites for hydroxylation is 1. The molecule has 13 heteroatoms. The predicted octanol–water partition coefficient (Wildman–Crippen LogP) is 7.95. The lowest BCUT2D eigenvalue weighted by molar-refractivity contribution is -0.116. The lowest BCUT2D eigenvalue weighted by Crippen LogP contribution is -2.48. The van der Waals surface area contributed by atoms with Crippen molar-refractivity contribution in [2.75, 3.05) is 50.0 Å². The Morgan fingerprint density at radius 1 is 1.10 bits per heavy atom. The molecule has 2 fully saturated rings. The third kappa shape index (κ3) is 11.3. The van der Waals surface area contributed by atoms with Crippen molar-refractivity contribution < 1.29 is 9.59 Å². The summed E-state index contributed by atoms with van der Waals surface area (Å²) in [6.45, 7) is 16.2. The third-order valence-electron chi connectivity index (χ3n) is 12.7. The van der Waals surface area contributed by atoms with Gasteiger partial charge in [-0.05, 0) is 138 Å². The average molecular weight is 839 g/mol. The first kappa shape index (κ1) is 45.6. The molecule has 6 rings (SSSR count). The van der Waals surface area contributed by atoms with Gasteiger partial charge in [-0.3, -0.25) is 24.1 Å². The van der Waals surface area contributed by atoms with E-state index in [0.29, 0.717) is 37.7 Å². The SMILES string of the molecule is CCCC(CCC)N(C=O)c1nc(CCN(CCCN)Sc2cccc(CN3CCC(c4ccc5c(NC(=O)CCNC)nn(C)c5c4)CC3(C)C)c2)ncc1C1(C)CC1. The maximum Gasteiger partial charge on any atom is 0.226 e. The molecule has 1 saturated heterocycles. The van der Waals surface area contributed by atoms with E-state index in [2.05, 4.69) is 102 Å². The van der Waals surface area contributed by atoms with Crippen LogP contribution in [0, 0.1) is 0 Å². The molecule has 2 amide bonds. The molecule has 1 saturated carbocycles. The molecule has 0 spiro atoms. The molecule has 4 N–H and O–H groups in total. The van der Waals surface area contributed by atoms with E-state index in [1.807, 2.05) is 29.9 Å². The van der Waals surface area contributed by atoms with Gasteiger partial charge >= 0.3 is 0 Å². The lowest BCUT2D eigenvalue weighted by Gasteiger charge is -2.46. The summed E-state index contributed by atoms with van der Waals surface area (Å²) in [5.41, 5.74) is 10.9. The first-order valence-corrected chi connectivity index (χ1v) is 23.2. The summed E-state index contributed by atoms with van der Waals surface area (Å²) < 4.78 is 4.28. The van der Waals surface area contributed by atoms with Gasteiger partial charge in [0.2, 0.25) is 12.3 Å². The van der Waals surface area contributed by atoms with Crippen LogP contribution in [0.25, 0.3) is 10.9 Å². The summed E-state index contributed by atoms with van der Waals surface area (Å²) in [5, 5.41) is 11.6. The van der Waals surface area contributed by atoms with Crippen molar-refractivity contribution in [3.05, 3.63) is 71.2 Å². The number of fused-ring (bicyclic) bond motifs is 1. The Kier molecular flexibility index (Phi) is 15.8. The fraction of sp³-hybridized carbons (Fsp3) is 0.596. The van der Waals surface area contributed by atoms with Gasteiger partial charge < -0.3 is 16.4 Å². The van der Waals surface area contributed by atoms with Crippen molar-refractivity contribution in [1.29, 1.82) is 0 Å². The van der Waals surface area contributed by atoms with Crippen molar-refractivity contribution in [3.63, 3.8) is 0 Å². The molecule has 1 aliphatic heterocycles. The zero-order chi connectivity index (χ0) is 42.9. The number of hydrogen-bond donors (Lipinski definition) is 3. The summed E-state index contributed by atoms with van der Waals surface area (Å²) in [5.74, 6) is 2.62. The molecule has 1 unspecified atom stereocenters. The molecule has 2 aromatic carbocycles. The van der Waals surface area contributed by atoms with Crippen LogP contribution in [0.3, 0.4) is 0 Å². The molecular weight excluding hydrogens is 769 g/mol. The number of benzene rings is 2. The van der Waals surface area contributed by atoms with E-state index in [4.69, 9.17) is 15.7 Å². The van der Waals surface area contributed by atoms with E-state index in [1.54, 1.807) is 11.9 Å². The number of nitrogens with one attached hydrogen (secondary N) is 2. The minimum Gasteiger partial charge on any atom is -0.330 e. The second-order valence-electron chi connectivity index (χ2n) is 18.0. The Hall–Kier alpha value is -3.88. The molecule has 0 radical (unpaired) electrons. The van der Waals surface area contributed by atoms with Crippen molar-refractivity contribution in [2.24, 2.45) is 12.8 Å². The fourth-order valence-corrected chi connectivity index (χ4v) is 9.90. The Morgan fingerprint density at radius 2 is 1.88 bits per heavy atom. The van der Waals surface area contributed by atoms with Crippen LogP contribution in [0.4, 0.5) is 11.6 Å². The Balaban J connectivity index is 1.10. The van der Waals surface area contributed by atoms with Gasteiger partial charge in [-0.25, -0.2) is 14.3 Å². The zero-order valence-corrected chi connectivity index (χ0v) is 38.1. The van der Waals surface area contributed by atoms with Gasteiger partial charge in [-0.1, -0.05) is 51.8 Å². The van der Waals surface area contributed by atoms with Crippen LogP contribution < -0.4 is 21.3 Å². The van der Waals surface area contributed by atoms with Gasteiger partial charge in [0.05, 0.1) is 5.52 Å². The first-order chi connectivity index (χ1) is 28.9. The summed E-state index contributed by atoms with van der Waals surface area (Å²) in [6.07, 6.45) is 13.3. The van der Waals surface area contributed by atoms with Gasteiger partial charge in [-0.15, -0.1) is 0 Å². The van der Waals surface area contributed by atoms with Crippen molar-refractivity contribution in [1.82, 2.24) is 34.3 Å². The van der Waals surface area contributed by atoms with Gasteiger partial charge in [0, 0.05) is 79.7 Å². The quantitative estimate of drug-likeness (QED) is 0.0499. The summed E-state index contributed by atoms with van der Waals surface area (Å²) in [7, 11) is 3.79. The molecule has 2 aromatic heterocycles. The van der Waals surface area contributed by atoms with Crippen LogP contribution in [0.1, 0.15) is 127 Å². The molecule has 60 heavy (non-hydrogen) atoms. The van der Waals surface area contributed by atoms with Gasteiger partial charge in [-0.2, -0.15) is 5.10 Å². The summed E-state index contributed by atoms with van der Waals surface area (Å²) in [6, 6.07) is 15.8. The molecule has 12 nitrogen and oxygen atoms in total. The molecule has 1 atom stereocenters.